The van der Waals surface area contributed by atoms with Crippen molar-refractivity contribution in [2.75, 3.05) is 0 Å². The van der Waals surface area contributed by atoms with Crippen LogP contribution in [0.15, 0.2) is 54.6 Å². The zero-order valence-electron chi connectivity index (χ0n) is 10.9. The standard InChI is InChI=1S/C16H15NO3/c17-16(19)14-8-4-7-13(9-14)10-15(18)20-11-12-5-2-1-3-6-12/h1-9H,10-11H2,(H2,17,19). The Morgan fingerprint density at radius 2 is 1.65 bits per heavy atom. The van der Waals surface area contributed by atoms with E-state index in [-0.39, 0.29) is 19.0 Å². The molecule has 0 unspecified atom stereocenters. The molecule has 0 spiro atoms. The smallest absolute Gasteiger partial charge is 0.310 e. The highest BCUT2D eigenvalue weighted by molar-refractivity contribution is 5.93. The van der Waals surface area contributed by atoms with E-state index in [4.69, 9.17) is 10.5 Å². The molecule has 0 radical (unpaired) electrons. The van der Waals surface area contributed by atoms with Crippen molar-refractivity contribution in [1.82, 2.24) is 0 Å². The topological polar surface area (TPSA) is 69.4 Å². The van der Waals surface area contributed by atoms with E-state index < -0.39 is 5.91 Å². The van der Waals surface area contributed by atoms with Gasteiger partial charge in [0.25, 0.3) is 0 Å². The van der Waals surface area contributed by atoms with Gasteiger partial charge in [0.2, 0.25) is 5.91 Å². The molecule has 20 heavy (non-hydrogen) atoms. The molecule has 0 saturated carbocycles. The van der Waals surface area contributed by atoms with E-state index in [1.165, 1.54) is 0 Å². The maximum Gasteiger partial charge on any atom is 0.310 e. The van der Waals surface area contributed by atoms with E-state index in [0.29, 0.717) is 11.1 Å². The van der Waals surface area contributed by atoms with E-state index in [2.05, 4.69) is 0 Å². The molecule has 0 aromatic heterocycles. The van der Waals surface area contributed by atoms with Crippen LogP contribution in [0.2, 0.25) is 0 Å². The molecule has 4 heteroatoms. The largest absolute Gasteiger partial charge is 0.461 e. The second-order valence-electron chi connectivity index (χ2n) is 4.39. The Morgan fingerprint density at radius 1 is 0.950 bits per heavy atom. The van der Waals surface area contributed by atoms with Crippen molar-refractivity contribution >= 4 is 11.9 Å². The van der Waals surface area contributed by atoms with Crippen LogP contribution in [0.25, 0.3) is 0 Å². The monoisotopic (exact) mass is 269 g/mol. The molecule has 2 rings (SSSR count). The summed E-state index contributed by atoms with van der Waals surface area (Å²) < 4.78 is 5.18. The first-order valence-electron chi connectivity index (χ1n) is 6.23. The zero-order chi connectivity index (χ0) is 14.4. The lowest BCUT2D eigenvalue weighted by Crippen LogP contribution is -2.12. The second-order valence-corrected chi connectivity index (χ2v) is 4.39. The van der Waals surface area contributed by atoms with Crippen LogP contribution in [-0.4, -0.2) is 11.9 Å². The fourth-order valence-corrected chi connectivity index (χ4v) is 1.79. The van der Waals surface area contributed by atoms with Crippen LogP contribution in [0.1, 0.15) is 21.5 Å². The number of hydrogen-bond acceptors (Lipinski definition) is 3. The number of primary amides is 1. The van der Waals surface area contributed by atoms with Gasteiger partial charge in [-0.2, -0.15) is 0 Å². The van der Waals surface area contributed by atoms with E-state index in [0.717, 1.165) is 5.56 Å². The van der Waals surface area contributed by atoms with Gasteiger partial charge in [0.1, 0.15) is 6.61 Å². The highest BCUT2D eigenvalue weighted by atomic mass is 16.5. The van der Waals surface area contributed by atoms with Crippen molar-refractivity contribution in [2.24, 2.45) is 5.73 Å². The first kappa shape index (κ1) is 13.8. The fourth-order valence-electron chi connectivity index (χ4n) is 1.79. The van der Waals surface area contributed by atoms with Crippen LogP contribution in [-0.2, 0) is 22.6 Å². The Balaban J connectivity index is 1.91. The number of esters is 1. The molecular formula is C16H15NO3. The van der Waals surface area contributed by atoms with E-state index in [9.17, 15) is 9.59 Å². The highest BCUT2D eigenvalue weighted by Gasteiger charge is 2.07. The number of carbonyl (C=O) groups excluding carboxylic acids is 2. The van der Waals surface area contributed by atoms with Crippen molar-refractivity contribution in [3.63, 3.8) is 0 Å². The van der Waals surface area contributed by atoms with Crippen molar-refractivity contribution in [3.05, 3.63) is 71.3 Å². The third kappa shape index (κ3) is 3.95. The lowest BCUT2D eigenvalue weighted by atomic mass is 10.1. The Bertz CT molecular complexity index is 608. The number of amides is 1. The summed E-state index contributed by atoms with van der Waals surface area (Å²) in [6, 6.07) is 16.1. The highest BCUT2D eigenvalue weighted by Crippen LogP contribution is 2.07. The van der Waals surface area contributed by atoms with Gasteiger partial charge in [0.05, 0.1) is 6.42 Å². The Hall–Kier alpha value is -2.62. The van der Waals surface area contributed by atoms with Gasteiger partial charge in [0, 0.05) is 5.56 Å². The molecule has 102 valence electrons. The van der Waals surface area contributed by atoms with Gasteiger partial charge in [-0.3, -0.25) is 9.59 Å². The maximum atomic E-state index is 11.7. The van der Waals surface area contributed by atoms with Crippen LogP contribution in [0, 0.1) is 0 Å². The average Bonchev–Trinajstić information content (AvgIpc) is 2.46. The second kappa shape index (κ2) is 6.52. The number of hydrogen-bond donors (Lipinski definition) is 1. The molecule has 0 bridgehead atoms. The summed E-state index contributed by atoms with van der Waals surface area (Å²) in [5.41, 5.74) is 7.22. The van der Waals surface area contributed by atoms with Crippen molar-refractivity contribution in [2.45, 2.75) is 13.0 Å². The molecule has 0 aliphatic carbocycles. The number of rotatable bonds is 5. The van der Waals surface area contributed by atoms with E-state index >= 15 is 0 Å². The van der Waals surface area contributed by atoms with E-state index in [1.807, 2.05) is 30.3 Å². The number of nitrogens with two attached hydrogens (primary N) is 1. The summed E-state index contributed by atoms with van der Waals surface area (Å²) >= 11 is 0. The Labute approximate surface area is 117 Å². The van der Waals surface area contributed by atoms with Crippen LogP contribution in [0.3, 0.4) is 0 Å². The fraction of sp³-hybridized carbons (Fsp3) is 0.125. The quantitative estimate of drug-likeness (QED) is 0.845. The summed E-state index contributed by atoms with van der Waals surface area (Å²) in [4.78, 5) is 22.8. The number of carbonyl (C=O) groups is 2. The normalized spacial score (nSPS) is 10.0. The maximum absolute atomic E-state index is 11.7. The van der Waals surface area contributed by atoms with Gasteiger partial charge >= 0.3 is 5.97 Å². The molecule has 0 aliphatic heterocycles. The molecular weight excluding hydrogens is 254 g/mol. The Kier molecular flexibility index (Phi) is 4.50. The predicted molar refractivity (Wildman–Crippen MR) is 74.9 cm³/mol. The van der Waals surface area contributed by atoms with Gasteiger partial charge in [-0.05, 0) is 23.3 Å². The third-order valence-electron chi connectivity index (χ3n) is 2.80. The molecule has 0 saturated heterocycles. The molecule has 0 aliphatic rings. The van der Waals surface area contributed by atoms with E-state index in [1.54, 1.807) is 24.3 Å². The first-order valence-corrected chi connectivity index (χ1v) is 6.23. The van der Waals surface area contributed by atoms with Gasteiger partial charge < -0.3 is 10.5 Å². The van der Waals surface area contributed by atoms with Crippen LogP contribution in [0.5, 0.6) is 0 Å². The molecule has 2 aromatic carbocycles. The minimum absolute atomic E-state index is 0.119. The molecule has 0 heterocycles. The van der Waals surface area contributed by atoms with Gasteiger partial charge in [0.15, 0.2) is 0 Å². The Morgan fingerprint density at radius 3 is 2.35 bits per heavy atom. The van der Waals surface area contributed by atoms with Crippen LogP contribution in [0.4, 0.5) is 0 Å². The first-order chi connectivity index (χ1) is 9.65. The summed E-state index contributed by atoms with van der Waals surface area (Å²) in [5.74, 6) is -0.847. The third-order valence-corrected chi connectivity index (χ3v) is 2.80. The number of ether oxygens (including phenoxy) is 1. The van der Waals surface area contributed by atoms with Crippen molar-refractivity contribution < 1.29 is 14.3 Å². The lowest BCUT2D eigenvalue weighted by Gasteiger charge is -2.05. The molecule has 0 atom stereocenters. The van der Waals surface area contributed by atoms with Crippen molar-refractivity contribution in [3.8, 4) is 0 Å². The summed E-state index contributed by atoms with van der Waals surface area (Å²) in [5, 5.41) is 0. The molecule has 0 fully saturated rings. The summed E-state index contributed by atoms with van der Waals surface area (Å²) in [7, 11) is 0. The summed E-state index contributed by atoms with van der Waals surface area (Å²) in [6.07, 6.45) is 0.119. The predicted octanol–water partition coefficient (Wildman–Crippen LogP) is 2.07. The van der Waals surface area contributed by atoms with Gasteiger partial charge in [-0.25, -0.2) is 0 Å². The number of benzene rings is 2. The molecule has 2 N–H and O–H groups in total. The zero-order valence-corrected chi connectivity index (χ0v) is 10.9. The minimum atomic E-state index is -0.510. The molecule has 4 nitrogen and oxygen atoms in total. The van der Waals surface area contributed by atoms with Gasteiger partial charge in [-0.15, -0.1) is 0 Å². The van der Waals surface area contributed by atoms with Crippen LogP contribution < -0.4 is 5.73 Å². The van der Waals surface area contributed by atoms with Crippen LogP contribution >= 0.6 is 0 Å². The minimum Gasteiger partial charge on any atom is -0.461 e. The lowest BCUT2D eigenvalue weighted by molar-refractivity contribution is -0.144. The van der Waals surface area contributed by atoms with Gasteiger partial charge in [-0.1, -0.05) is 42.5 Å². The molecule has 2 aromatic rings. The SMILES string of the molecule is NC(=O)c1cccc(CC(=O)OCc2ccccc2)c1. The molecule has 1 amide bonds. The average molecular weight is 269 g/mol. The van der Waals surface area contributed by atoms with Crippen molar-refractivity contribution in [1.29, 1.82) is 0 Å². The summed E-state index contributed by atoms with van der Waals surface area (Å²) in [6.45, 7) is 0.245.